The van der Waals surface area contributed by atoms with E-state index in [-0.39, 0.29) is 34.8 Å². The molecule has 12 heteroatoms. The molecule has 1 aliphatic carbocycles. The van der Waals surface area contributed by atoms with Crippen molar-refractivity contribution in [2.24, 2.45) is 0 Å². The quantitative estimate of drug-likeness (QED) is 0.253. The van der Waals surface area contributed by atoms with Gasteiger partial charge in [0.25, 0.3) is 10.0 Å². The summed E-state index contributed by atoms with van der Waals surface area (Å²) in [6.07, 6.45) is 4.91. The second-order valence-corrected chi connectivity index (χ2v) is 13.3. The maximum atomic E-state index is 14.2. The molecule has 2 amide bonds. The van der Waals surface area contributed by atoms with Crippen LogP contribution in [0.5, 0.6) is 11.5 Å². The number of benzene rings is 3. The number of amides is 2. The lowest BCUT2D eigenvalue weighted by molar-refractivity contribution is -0.139. The SMILES string of the molecule is COc1ccc(S(=O)(=O)N(CC(=O)N(Cc2c(Cl)cccc2Cl)C(C)C(=O)NC2CCCCC2)c2ccccc2)cc1OC. The van der Waals surface area contributed by atoms with E-state index in [1.165, 1.54) is 37.3 Å². The highest BCUT2D eigenvalue weighted by Gasteiger charge is 2.34. The van der Waals surface area contributed by atoms with Gasteiger partial charge in [0.15, 0.2) is 11.5 Å². The van der Waals surface area contributed by atoms with Crippen LogP contribution >= 0.6 is 23.2 Å². The zero-order chi connectivity index (χ0) is 31.9. The van der Waals surface area contributed by atoms with Gasteiger partial charge in [0.05, 0.1) is 24.8 Å². The van der Waals surface area contributed by atoms with E-state index in [0.29, 0.717) is 21.4 Å². The zero-order valence-electron chi connectivity index (χ0n) is 25.0. The number of rotatable bonds is 12. The fraction of sp³-hybridized carbons (Fsp3) is 0.375. The van der Waals surface area contributed by atoms with E-state index in [1.54, 1.807) is 55.5 Å². The lowest BCUT2D eigenvalue weighted by Gasteiger charge is -2.33. The number of methoxy groups -OCH3 is 2. The largest absolute Gasteiger partial charge is 0.493 e. The number of para-hydroxylation sites is 1. The third kappa shape index (κ3) is 7.78. The van der Waals surface area contributed by atoms with Crippen molar-refractivity contribution < 1.29 is 27.5 Å². The molecule has 0 aliphatic heterocycles. The Kier molecular flexibility index (Phi) is 11.4. The predicted octanol–water partition coefficient (Wildman–Crippen LogP) is 6.07. The molecule has 3 aromatic rings. The van der Waals surface area contributed by atoms with Crippen molar-refractivity contribution in [3.8, 4) is 11.5 Å². The average molecular weight is 663 g/mol. The second kappa shape index (κ2) is 15.0. The van der Waals surface area contributed by atoms with Gasteiger partial charge in [-0.25, -0.2) is 8.42 Å². The van der Waals surface area contributed by atoms with Crippen LogP contribution in [-0.2, 0) is 26.2 Å². The van der Waals surface area contributed by atoms with Crippen molar-refractivity contribution >= 4 is 50.7 Å². The molecule has 4 rings (SSSR count). The average Bonchev–Trinajstić information content (AvgIpc) is 3.03. The Balaban J connectivity index is 1.71. The molecule has 1 N–H and O–H groups in total. The molecule has 0 saturated heterocycles. The fourth-order valence-electron chi connectivity index (χ4n) is 5.23. The first-order valence-corrected chi connectivity index (χ1v) is 16.6. The molecule has 0 aromatic heterocycles. The third-order valence-corrected chi connectivity index (χ3v) is 10.3. The van der Waals surface area contributed by atoms with Gasteiger partial charge in [-0.2, -0.15) is 0 Å². The number of anilines is 1. The maximum absolute atomic E-state index is 14.2. The van der Waals surface area contributed by atoms with Gasteiger partial charge < -0.3 is 19.7 Å². The molecule has 0 spiro atoms. The summed E-state index contributed by atoms with van der Waals surface area (Å²) in [6.45, 7) is 0.927. The van der Waals surface area contributed by atoms with Crippen LogP contribution in [0.4, 0.5) is 5.69 Å². The molecule has 236 valence electrons. The van der Waals surface area contributed by atoms with Crippen LogP contribution in [0.15, 0.2) is 71.6 Å². The van der Waals surface area contributed by atoms with Gasteiger partial charge in [-0.05, 0) is 56.2 Å². The number of carbonyl (C=O) groups is 2. The van der Waals surface area contributed by atoms with E-state index in [4.69, 9.17) is 32.7 Å². The van der Waals surface area contributed by atoms with Crippen LogP contribution in [0, 0.1) is 0 Å². The number of nitrogens with zero attached hydrogens (tertiary/aromatic N) is 2. The predicted molar refractivity (Wildman–Crippen MR) is 172 cm³/mol. The molecule has 1 aliphatic rings. The topological polar surface area (TPSA) is 105 Å². The van der Waals surface area contributed by atoms with Gasteiger partial charge in [0.2, 0.25) is 11.8 Å². The number of carbonyl (C=O) groups excluding carboxylic acids is 2. The first kappa shape index (κ1) is 33.4. The first-order valence-electron chi connectivity index (χ1n) is 14.4. The summed E-state index contributed by atoms with van der Waals surface area (Å²) in [5, 5.41) is 3.73. The van der Waals surface area contributed by atoms with Crippen molar-refractivity contribution in [1.29, 1.82) is 0 Å². The van der Waals surface area contributed by atoms with Crippen molar-refractivity contribution in [2.75, 3.05) is 25.1 Å². The monoisotopic (exact) mass is 661 g/mol. The van der Waals surface area contributed by atoms with Crippen molar-refractivity contribution in [3.63, 3.8) is 0 Å². The highest BCUT2D eigenvalue weighted by Crippen LogP contribution is 2.33. The molecule has 1 fully saturated rings. The number of nitrogens with one attached hydrogen (secondary N) is 1. The molecule has 1 unspecified atom stereocenters. The van der Waals surface area contributed by atoms with E-state index >= 15 is 0 Å². The Morgan fingerprint density at radius 1 is 0.909 bits per heavy atom. The number of ether oxygens (including phenoxy) is 2. The van der Waals surface area contributed by atoms with Gasteiger partial charge in [-0.1, -0.05) is 66.7 Å². The van der Waals surface area contributed by atoms with E-state index in [0.717, 1.165) is 36.4 Å². The lowest BCUT2D eigenvalue weighted by atomic mass is 9.95. The molecule has 1 atom stereocenters. The fourth-order valence-corrected chi connectivity index (χ4v) is 7.18. The van der Waals surface area contributed by atoms with Crippen molar-refractivity contribution in [1.82, 2.24) is 10.2 Å². The summed E-state index contributed by atoms with van der Waals surface area (Å²) in [4.78, 5) is 28.9. The molecule has 3 aromatic carbocycles. The van der Waals surface area contributed by atoms with Gasteiger partial charge in [-0.3, -0.25) is 13.9 Å². The molecule has 0 bridgehead atoms. The minimum absolute atomic E-state index is 0.0193. The summed E-state index contributed by atoms with van der Waals surface area (Å²) >= 11 is 12.9. The van der Waals surface area contributed by atoms with Gasteiger partial charge in [0, 0.05) is 34.3 Å². The van der Waals surface area contributed by atoms with E-state index in [9.17, 15) is 18.0 Å². The number of sulfonamides is 1. The van der Waals surface area contributed by atoms with Crippen LogP contribution < -0.4 is 19.1 Å². The maximum Gasteiger partial charge on any atom is 0.264 e. The summed E-state index contributed by atoms with van der Waals surface area (Å²) < 4.78 is 39.9. The molecule has 44 heavy (non-hydrogen) atoms. The van der Waals surface area contributed by atoms with Crippen molar-refractivity contribution in [2.45, 2.75) is 62.6 Å². The Hall–Kier alpha value is -3.47. The zero-order valence-corrected chi connectivity index (χ0v) is 27.3. The van der Waals surface area contributed by atoms with Crippen LogP contribution in [0.25, 0.3) is 0 Å². The highest BCUT2D eigenvalue weighted by molar-refractivity contribution is 7.92. The van der Waals surface area contributed by atoms with E-state index in [2.05, 4.69) is 5.32 Å². The molecule has 0 heterocycles. The minimum atomic E-state index is -4.30. The Bertz CT molecular complexity index is 1550. The smallest absolute Gasteiger partial charge is 0.264 e. The summed E-state index contributed by atoms with van der Waals surface area (Å²) in [6, 6.07) is 16.6. The Labute approximate surface area is 269 Å². The van der Waals surface area contributed by atoms with Crippen LogP contribution in [0.3, 0.4) is 0 Å². The lowest BCUT2D eigenvalue weighted by Crippen LogP contribution is -2.53. The Morgan fingerprint density at radius 3 is 2.16 bits per heavy atom. The van der Waals surface area contributed by atoms with Crippen molar-refractivity contribution in [3.05, 3.63) is 82.3 Å². The van der Waals surface area contributed by atoms with Gasteiger partial charge >= 0.3 is 0 Å². The third-order valence-electron chi connectivity index (χ3n) is 7.78. The molecule has 0 radical (unpaired) electrons. The van der Waals surface area contributed by atoms with E-state index < -0.39 is 28.5 Å². The minimum Gasteiger partial charge on any atom is -0.493 e. The van der Waals surface area contributed by atoms with Crippen LogP contribution in [0.1, 0.15) is 44.6 Å². The summed E-state index contributed by atoms with van der Waals surface area (Å²) in [5.41, 5.74) is 0.723. The van der Waals surface area contributed by atoms with Gasteiger partial charge in [-0.15, -0.1) is 0 Å². The number of hydrogen-bond donors (Lipinski definition) is 1. The Morgan fingerprint density at radius 2 is 1.55 bits per heavy atom. The molecule has 1 saturated carbocycles. The molecule has 9 nitrogen and oxygen atoms in total. The van der Waals surface area contributed by atoms with Crippen LogP contribution in [-0.4, -0.2) is 58.0 Å². The second-order valence-electron chi connectivity index (χ2n) is 10.6. The number of halogens is 2. The normalized spacial score (nSPS) is 14.4. The van der Waals surface area contributed by atoms with Gasteiger partial charge in [0.1, 0.15) is 12.6 Å². The molecular weight excluding hydrogens is 625 g/mol. The highest BCUT2D eigenvalue weighted by atomic mass is 35.5. The van der Waals surface area contributed by atoms with E-state index in [1.807, 2.05) is 0 Å². The molecular formula is C32H37Cl2N3O6S. The first-order chi connectivity index (χ1) is 21.1. The van der Waals surface area contributed by atoms with Crippen LogP contribution in [0.2, 0.25) is 10.0 Å². The summed E-state index contributed by atoms with van der Waals surface area (Å²) in [5.74, 6) is -0.368. The summed E-state index contributed by atoms with van der Waals surface area (Å²) in [7, 11) is -1.44. The number of hydrogen-bond acceptors (Lipinski definition) is 6. The standard InChI is InChI=1S/C32H37Cl2N3O6S/c1-22(32(39)35-23-11-6-4-7-12-23)36(20-26-27(33)15-10-16-28(26)34)31(38)21-37(24-13-8-5-9-14-24)44(40,41)25-17-18-29(42-2)30(19-25)43-3/h5,8-10,13-19,22-23H,4,6-7,11-12,20-21H2,1-3H3,(H,35,39).